The Balaban J connectivity index is 2.38. The van der Waals surface area contributed by atoms with E-state index in [1.165, 1.54) is 12.1 Å². The van der Waals surface area contributed by atoms with E-state index in [4.69, 9.17) is 5.73 Å². The summed E-state index contributed by atoms with van der Waals surface area (Å²) in [5.41, 5.74) is 7.73. The molecule has 0 heterocycles. The quantitative estimate of drug-likeness (QED) is 0.909. The molecule has 0 saturated carbocycles. The third kappa shape index (κ3) is 2.97. The second-order valence-corrected chi connectivity index (χ2v) is 6.05. The van der Waals surface area contributed by atoms with E-state index in [2.05, 4.69) is 4.72 Å². The van der Waals surface area contributed by atoms with E-state index < -0.39 is 15.8 Å². The number of halogens is 1. The molecule has 0 saturated heterocycles. The number of hydrogen-bond acceptors (Lipinski definition) is 3. The molecule has 0 bridgehead atoms. The van der Waals surface area contributed by atoms with Gasteiger partial charge in [-0.25, -0.2) is 12.8 Å². The molecule has 0 atom stereocenters. The Hall–Kier alpha value is -1.92. The molecule has 0 amide bonds. The molecule has 20 heavy (non-hydrogen) atoms. The Kier molecular flexibility index (Phi) is 4.06. The fraction of sp³-hybridized carbons (Fsp3) is 0.143. The lowest BCUT2D eigenvalue weighted by Crippen LogP contribution is -2.15. The molecule has 2 rings (SSSR count). The smallest absolute Gasteiger partial charge is 0.261 e. The molecule has 0 aliphatic rings. The molecule has 2 aromatic carbocycles. The molecule has 0 fully saturated rings. The fourth-order valence-corrected chi connectivity index (χ4v) is 2.98. The largest absolute Gasteiger partial charge is 0.326 e. The minimum Gasteiger partial charge on any atom is -0.326 e. The van der Waals surface area contributed by atoms with Gasteiger partial charge < -0.3 is 5.73 Å². The standard InChI is InChI=1S/C14H15FN2O2S/c1-10-3-2-4-14(13(10)9-16)17-20(18,19)12-7-5-11(15)6-8-12/h2-8,17H,9,16H2,1H3. The maximum Gasteiger partial charge on any atom is 0.261 e. The predicted octanol–water partition coefficient (Wildman–Crippen LogP) is 2.39. The molecule has 0 radical (unpaired) electrons. The molecule has 0 aliphatic carbocycles. The lowest BCUT2D eigenvalue weighted by atomic mass is 10.1. The Labute approximate surface area is 117 Å². The van der Waals surface area contributed by atoms with Crippen LogP contribution in [0.3, 0.4) is 0 Å². The SMILES string of the molecule is Cc1cccc(NS(=O)(=O)c2ccc(F)cc2)c1CN. The minimum atomic E-state index is -3.75. The highest BCUT2D eigenvalue weighted by Crippen LogP contribution is 2.22. The zero-order valence-electron chi connectivity index (χ0n) is 10.9. The number of hydrogen-bond donors (Lipinski definition) is 2. The predicted molar refractivity (Wildman–Crippen MR) is 76.3 cm³/mol. The van der Waals surface area contributed by atoms with E-state index in [0.29, 0.717) is 5.69 Å². The second kappa shape index (κ2) is 5.60. The topological polar surface area (TPSA) is 72.2 Å². The summed E-state index contributed by atoms with van der Waals surface area (Å²) in [5.74, 6) is -0.484. The lowest BCUT2D eigenvalue weighted by molar-refractivity contribution is 0.599. The molecule has 2 aromatic rings. The average Bonchev–Trinajstić information content (AvgIpc) is 2.39. The van der Waals surface area contributed by atoms with Crippen molar-refractivity contribution in [2.75, 3.05) is 4.72 Å². The van der Waals surface area contributed by atoms with Crippen LogP contribution in [0.4, 0.5) is 10.1 Å². The zero-order chi connectivity index (χ0) is 14.8. The third-order valence-corrected chi connectivity index (χ3v) is 4.36. The van der Waals surface area contributed by atoms with Crippen LogP contribution in [0.5, 0.6) is 0 Å². The second-order valence-electron chi connectivity index (χ2n) is 4.36. The summed E-state index contributed by atoms with van der Waals surface area (Å²) in [6.07, 6.45) is 0. The van der Waals surface area contributed by atoms with Crippen molar-refractivity contribution in [3.05, 3.63) is 59.4 Å². The number of anilines is 1. The van der Waals surface area contributed by atoms with Crippen molar-refractivity contribution in [2.45, 2.75) is 18.4 Å². The summed E-state index contributed by atoms with van der Waals surface area (Å²) in [6.45, 7) is 2.09. The molecule has 6 heteroatoms. The normalized spacial score (nSPS) is 11.3. The molecule has 4 nitrogen and oxygen atoms in total. The van der Waals surface area contributed by atoms with Gasteiger partial charge in [0.15, 0.2) is 0 Å². The lowest BCUT2D eigenvalue weighted by Gasteiger charge is -2.13. The maximum atomic E-state index is 12.8. The molecular formula is C14H15FN2O2S. The average molecular weight is 294 g/mol. The summed E-state index contributed by atoms with van der Waals surface area (Å²) < 4.78 is 39.8. The minimum absolute atomic E-state index is 0.00313. The van der Waals surface area contributed by atoms with Crippen molar-refractivity contribution < 1.29 is 12.8 Å². The van der Waals surface area contributed by atoms with Crippen molar-refractivity contribution in [1.82, 2.24) is 0 Å². The number of aryl methyl sites for hydroxylation is 1. The first-order valence-corrected chi connectivity index (χ1v) is 7.49. The van der Waals surface area contributed by atoms with Gasteiger partial charge in [-0.1, -0.05) is 12.1 Å². The van der Waals surface area contributed by atoms with E-state index in [1.807, 2.05) is 13.0 Å². The first-order chi connectivity index (χ1) is 9.44. The van der Waals surface area contributed by atoms with Crippen LogP contribution < -0.4 is 10.5 Å². The number of rotatable bonds is 4. The monoisotopic (exact) mass is 294 g/mol. The van der Waals surface area contributed by atoms with Gasteiger partial charge in [-0.05, 0) is 48.4 Å². The van der Waals surface area contributed by atoms with E-state index in [9.17, 15) is 12.8 Å². The van der Waals surface area contributed by atoms with Gasteiger partial charge in [-0.2, -0.15) is 0 Å². The van der Waals surface area contributed by atoms with Crippen LogP contribution in [-0.4, -0.2) is 8.42 Å². The van der Waals surface area contributed by atoms with Gasteiger partial charge in [-0.3, -0.25) is 4.72 Å². The van der Waals surface area contributed by atoms with Crippen molar-refractivity contribution in [2.24, 2.45) is 5.73 Å². The Morgan fingerprint density at radius 1 is 1.15 bits per heavy atom. The summed E-state index contributed by atoms with van der Waals surface area (Å²) in [7, 11) is -3.75. The highest BCUT2D eigenvalue weighted by molar-refractivity contribution is 7.92. The van der Waals surface area contributed by atoms with Gasteiger partial charge >= 0.3 is 0 Å². The van der Waals surface area contributed by atoms with Crippen molar-refractivity contribution in [1.29, 1.82) is 0 Å². The van der Waals surface area contributed by atoms with Crippen molar-refractivity contribution >= 4 is 15.7 Å². The van der Waals surface area contributed by atoms with Crippen LogP contribution in [0.15, 0.2) is 47.4 Å². The van der Waals surface area contributed by atoms with E-state index in [-0.39, 0.29) is 11.4 Å². The molecule has 106 valence electrons. The van der Waals surface area contributed by atoms with Crippen LogP contribution in [0.1, 0.15) is 11.1 Å². The Morgan fingerprint density at radius 3 is 2.40 bits per heavy atom. The summed E-state index contributed by atoms with van der Waals surface area (Å²) in [5, 5.41) is 0. The van der Waals surface area contributed by atoms with Gasteiger partial charge in [0.25, 0.3) is 10.0 Å². The Morgan fingerprint density at radius 2 is 1.80 bits per heavy atom. The molecule has 0 unspecified atom stereocenters. The van der Waals surface area contributed by atoms with E-state index >= 15 is 0 Å². The van der Waals surface area contributed by atoms with Crippen LogP contribution in [0, 0.1) is 12.7 Å². The highest BCUT2D eigenvalue weighted by Gasteiger charge is 2.16. The van der Waals surface area contributed by atoms with Gasteiger partial charge in [0.1, 0.15) is 5.82 Å². The van der Waals surface area contributed by atoms with Crippen LogP contribution >= 0.6 is 0 Å². The van der Waals surface area contributed by atoms with Gasteiger partial charge in [0, 0.05) is 6.54 Å². The van der Waals surface area contributed by atoms with Crippen LogP contribution in [0.2, 0.25) is 0 Å². The summed E-state index contributed by atoms with van der Waals surface area (Å²) in [4.78, 5) is 0.00313. The van der Waals surface area contributed by atoms with Gasteiger partial charge in [0.2, 0.25) is 0 Å². The third-order valence-electron chi connectivity index (χ3n) is 2.98. The molecule has 0 aromatic heterocycles. The van der Waals surface area contributed by atoms with E-state index in [0.717, 1.165) is 23.3 Å². The Bertz CT molecular complexity index is 712. The van der Waals surface area contributed by atoms with Crippen molar-refractivity contribution in [3.8, 4) is 0 Å². The highest BCUT2D eigenvalue weighted by atomic mass is 32.2. The summed E-state index contributed by atoms with van der Waals surface area (Å²) in [6, 6.07) is 9.90. The fourth-order valence-electron chi connectivity index (χ4n) is 1.89. The van der Waals surface area contributed by atoms with Gasteiger partial charge in [0.05, 0.1) is 10.6 Å². The molecule has 0 spiro atoms. The number of benzene rings is 2. The van der Waals surface area contributed by atoms with Crippen molar-refractivity contribution in [3.63, 3.8) is 0 Å². The number of sulfonamides is 1. The zero-order valence-corrected chi connectivity index (χ0v) is 11.7. The number of nitrogens with one attached hydrogen (secondary N) is 1. The molecule has 0 aliphatic heterocycles. The van der Waals surface area contributed by atoms with Crippen LogP contribution in [0.25, 0.3) is 0 Å². The first-order valence-electron chi connectivity index (χ1n) is 6.01. The number of nitrogens with two attached hydrogens (primary N) is 1. The molecule has 3 N–H and O–H groups in total. The van der Waals surface area contributed by atoms with E-state index in [1.54, 1.807) is 12.1 Å². The summed E-state index contributed by atoms with van der Waals surface area (Å²) >= 11 is 0. The maximum absolute atomic E-state index is 12.8. The van der Waals surface area contributed by atoms with Crippen LogP contribution in [-0.2, 0) is 16.6 Å². The first kappa shape index (κ1) is 14.5. The van der Waals surface area contributed by atoms with Gasteiger partial charge in [-0.15, -0.1) is 0 Å². The molecular weight excluding hydrogens is 279 g/mol.